The summed E-state index contributed by atoms with van der Waals surface area (Å²) in [5.41, 5.74) is 6.92. The van der Waals surface area contributed by atoms with E-state index >= 15 is 0 Å². The van der Waals surface area contributed by atoms with Crippen molar-refractivity contribution in [2.24, 2.45) is 5.73 Å². The van der Waals surface area contributed by atoms with Gasteiger partial charge in [0, 0.05) is 5.75 Å². The standard InChI is InChI=1S/C8H10OS.CH5N/c1-7-2-4-8(5-3-7)6-10-9;1-2/h2-5,9H,6H2,1H3;2H2,1H3. The maximum Gasteiger partial charge on any atom is 0.0446 e. The highest BCUT2D eigenvalue weighted by molar-refractivity contribution is 7.92. The van der Waals surface area contributed by atoms with Crippen molar-refractivity contribution < 1.29 is 4.55 Å². The van der Waals surface area contributed by atoms with E-state index in [1.807, 2.05) is 24.3 Å². The molecule has 0 heterocycles. The van der Waals surface area contributed by atoms with Crippen LogP contribution in [-0.2, 0) is 5.75 Å². The van der Waals surface area contributed by atoms with Crippen LogP contribution in [0, 0.1) is 6.92 Å². The molecular formula is C9H15NOS. The van der Waals surface area contributed by atoms with E-state index in [0.717, 1.165) is 17.6 Å². The zero-order valence-electron chi connectivity index (χ0n) is 7.45. The summed E-state index contributed by atoms with van der Waals surface area (Å²) in [5.74, 6) is 0.681. The van der Waals surface area contributed by atoms with Gasteiger partial charge >= 0.3 is 0 Å². The average Bonchev–Trinajstić information content (AvgIpc) is 2.13. The van der Waals surface area contributed by atoms with Crippen LogP contribution in [0.3, 0.4) is 0 Å². The second-order valence-corrected chi connectivity index (χ2v) is 2.81. The summed E-state index contributed by atoms with van der Waals surface area (Å²) < 4.78 is 8.51. The maximum atomic E-state index is 8.51. The largest absolute Gasteiger partial charge is 0.333 e. The molecular weight excluding hydrogens is 170 g/mol. The van der Waals surface area contributed by atoms with Gasteiger partial charge in [0.15, 0.2) is 0 Å². The quantitative estimate of drug-likeness (QED) is 0.695. The molecule has 0 spiro atoms. The number of hydrogen-bond acceptors (Lipinski definition) is 3. The number of rotatable bonds is 2. The minimum atomic E-state index is 0.681. The summed E-state index contributed by atoms with van der Waals surface area (Å²) in [4.78, 5) is 0. The lowest BCUT2D eigenvalue weighted by molar-refractivity contribution is 0.663. The van der Waals surface area contributed by atoms with Crippen molar-refractivity contribution in [2.75, 3.05) is 7.05 Å². The average molecular weight is 185 g/mol. The van der Waals surface area contributed by atoms with Gasteiger partial charge in [0.1, 0.15) is 0 Å². The number of benzene rings is 1. The van der Waals surface area contributed by atoms with E-state index in [-0.39, 0.29) is 0 Å². The molecule has 1 aromatic carbocycles. The normalized spacial score (nSPS) is 8.67. The third-order valence-corrected chi connectivity index (χ3v) is 1.81. The molecule has 1 rings (SSSR count). The Bertz CT molecular complexity index is 198. The first kappa shape index (κ1) is 11.5. The van der Waals surface area contributed by atoms with Crippen molar-refractivity contribution in [3.8, 4) is 0 Å². The van der Waals surface area contributed by atoms with Crippen LogP contribution in [0.2, 0.25) is 0 Å². The van der Waals surface area contributed by atoms with Crippen molar-refractivity contribution in [1.29, 1.82) is 0 Å². The molecule has 12 heavy (non-hydrogen) atoms. The third-order valence-electron chi connectivity index (χ3n) is 1.35. The van der Waals surface area contributed by atoms with Crippen LogP contribution in [-0.4, -0.2) is 11.6 Å². The zero-order chi connectivity index (χ0) is 9.40. The molecule has 0 aliphatic rings. The summed E-state index contributed by atoms with van der Waals surface area (Å²) in [7, 11) is 1.50. The topological polar surface area (TPSA) is 46.2 Å². The second-order valence-electron chi connectivity index (χ2n) is 2.26. The molecule has 0 unspecified atom stereocenters. The van der Waals surface area contributed by atoms with Crippen LogP contribution in [0.1, 0.15) is 11.1 Å². The Morgan fingerprint density at radius 3 is 2.17 bits per heavy atom. The molecule has 2 nitrogen and oxygen atoms in total. The Balaban J connectivity index is 0.000000561. The van der Waals surface area contributed by atoms with Crippen LogP contribution < -0.4 is 5.73 Å². The summed E-state index contributed by atoms with van der Waals surface area (Å²) in [6, 6.07) is 8.15. The first-order valence-corrected chi connectivity index (χ1v) is 4.67. The number of nitrogens with two attached hydrogens (primary N) is 1. The minimum Gasteiger partial charge on any atom is -0.333 e. The molecule has 0 radical (unpaired) electrons. The molecule has 0 aromatic heterocycles. The minimum absolute atomic E-state index is 0.681. The molecule has 3 N–H and O–H groups in total. The Labute approximate surface area is 78.0 Å². The van der Waals surface area contributed by atoms with Crippen molar-refractivity contribution in [2.45, 2.75) is 12.7 Å². The second kappa shape index (κ2) is 7.16. The molecule has 3 heteroatoms. The molecule has 0 amide bonds. The Kier molecular flexibility index (Phi) is 6.85. The van der Waals surface area contributed by atoms with Crippen molar-refractivity contribution in [3.63, 3.8) is 0 Å². The van der Waals surface area contributed by atoms with E-state index in [1.165, 1.54) is 12.6 Å². The first-order chi connectivity index (χ1) is 5.83. The molecule has 1 aromatic rings. The predicted molar refractivity (Wildman–Crippen MR) is 55.2 cm³/mol. The van der Waals surface area contributed by atoms with Gasteiger partial charge in [0.2, 0.25) is 0 Å². The van der Waals surface area contributed by atoms with Gasteiger partial charge in [0.25, 0.3) is 0 Å². The summed E-state index contributed by atoms with van der Waals surface area (Å²) in [5, 5.41) is 0. The maximum absolute atomic E-state index is 8.51. The highest BCUT2D eigenvalue weighted by atomic mass is 32.2. The van der Waals surface area contributed by atoms with Gasteiger partial charge in [-0.15, -0.1) is 0 Å². The van der Waals surface area contributed by atoms with E-state index < -0.39 is 0 Å². The van der Waals surface area contributed by atoms with Gasteiger partial charge in [-0.25, -0.2) is 0 Å². The van der Waals surface area contributed by atoms with E-state index in [0.29, 0.717) is 5.75 Å². The fraction of sp³-hybridized carbons (Fsp3) is 0.333. The summed E-state index contributed by atoms with van der Waals surface area (Å²) >= 11 is 0.861. The van der Waals surface area contributed by atoms with Gasteiger partial charge in [-0.2, -0.15) is 0 Å². The van der Waals surface area contributed by atoms with E-state index in [1.54, 1.807) is 0 Å². The first-order valence-electron chi connectivity index (χ1n) is 3.72. The van der Waals surface area contributed by atoms with Crippen molar-refractivity contribution >= 4 is 12.0 Å². The van der Waals surface area contributed by atoms with E-state index in [9.17, 15) is 0 Å². The lowest BCUT2D eigenvalue weighted by Gasteiger charge is -1.96. The smallest absolute Gasteiger partial charge is 0.0446 e. The molecule has 0 aliphatic carbocycles. The predicted octanol–water partition coefficient (Wildman–Crippen LogP) is 2.28. The van der Waals surface area contributed by atoms with Gasteiger partial charge in [0.05, 0.1) is 0 Å². The van der Waals surface area contributed by atoms with Crippen molar-refractivity contribution in [3.05, 3.63) is 35.4 Å². The third kappa shape index (κ3) is 4.38. The highest BCUT2D eigenvalue weighted by Gasteiger charge is 1.89. The van der Waals surface area contributed by atoms with Crippen molar-refractivity contribution in [1.82, 2.24) is 0 Å². The molecule has 0 atom stereocenters. The van der Waals surface area contributed by atoms with Gasteiger partial charge in [-0.3, -0.25) is 0 Å². The molecule has 0 bridgehead atoms. The summed E-state index contributed by atoms with van der Waals surface area (Å²) in [6.07, 6.45) is 0. The molecule has 0 saturated carbocycles. The van der Waals surface area contributed by atoms with Gasteiger partial charge in [-0.05, 0) is 31.6 Å². The summed E-state index contributed by atoms with van der Waals surface area (Å²) in [6.45, 7) is 2.05. The van der Waals surface area contributed by atoms with E-state index in [2.05, 4.69) is 12.7 Å². The fourth-order valence-corrected chi connectivity index (χ4v) is 1.10. The lowest BCUT2D eigenvalue weighted by Crippen LogP contribution is -1.78. The number of aryl methyl sites for hydroxylation is 1. The fourth-order valence-electron chi connectivity index (χ4n) is 0.759. The van der Waals surface area contributed by atoms with Crippen LogP contribution >= 0.6 is 12.0 Å². The molecule has 0 saturated heterocycles. The molecule has 0 fully saturated rings. The lowest BCUT2D eigenvalue weighted by atomic mass is 10.2. The van der Waals surface area contributed by atoms with E-state index in [4.69, 9.17) is 4.55 Å². The Morgan fingerprint density at radius 2 is 1.75 bits per heavy atom. The SMILES string of the molecule is CN.Cc1ccc(CSO)cc1. The monoisotopic (exact) mass is 185 g/mol. The van der Waals surface area contributed by atoms with Crippen LogP contribution in [0.15, 0.2) is 24.3 Å². The Morgan fingerprint density at radius 1 is 1.25 bits per heavy atom. The highest BCUT2D eigenvalue weighted by Crippen LogP contribution is 2.08. The van der Waals surface area contributed by atoms with Crippen LogP contribution in [0.4, 0.5) is 0 Å². The van der Waals surface area contributed by atoms with Crippen LogP contribution in [0.25, 0.3) is 0 Å². The van der Waals surface area contributed by atoms with Crippen LogP contribution in [0.5, 0.6) is 0 Å². The molecule has 68 valence electrons. The van der Waals surface area contributed by atoms with Gasteiger partial charge in [-0.1, -0.05) is 29.8 Å². The molecule has 0 aliphatic heterocycles. The zero-order valence-corrected chi connectivity index (χ0v) is 8.27. The van der Waals surface area contributed by atoms with Gasteiger partial charge < -0.3 is 10.3 Å². The number of hydrogen-bond donors (Lipinski definition) is 2. The Hall–Kier alpha value is -0.510.